The fourth-order valence-corrected chi connectivity index (χ4v) is 2.09. The van der Waals surface area contributed by atoms with E-state index in [0.29, 0.717) is 0 Å². The second-order valence-corrected chi connectivity index (χ2v) is 4.68. The molecule has 0 saturated heterocycles. The van der Waals surface area contributed by atoms with Gasteiger partial charge in [-0.25, -0.2) is 0 Å². The molecule has 0 unspecified atom stereocenters. The molecule has 0 fully saturated rings. The highest BCUT2D eigenvalue weighted by atomic mass is 127. The van der Waals surface area contributed by atoms with Gasteiger partial charge in [0.2, 0.25) is 0 Å². The van der Waals surface area contributed by atoms with Crippen molar-refractivity contribution in [1.82, 2.24) is 10.2 Å². The third-order valence-corrected chi connectivity index (χ3v) is 3.02. The van der Waals surface area contributed by atoms with E-state index in [0.717, 1.165) is 19.3 Å². The quantitative estimate of drug-likeness (QED) is 0.786. The first-order valence-corrected chi connectivity index (χ1v) is 5.59. The van der Waals surface area contributed by atoms with E-state index in [1.807, 2.05) is 18.3 Å². The van der Waals surface area contributed by atoms with E-state index in [-0.39, 0.29) is 0 Å². The van der Waals surface area contributed by atoms with Crippen LogP contribution >= 0.6 is 38.5 Å². The summed E-state index contributed by atoms with van der Waals surface area (Å²) in [5.74, 6) is 0. The van der Waals surface area contributed by atoms with E-state index >= 15 is 0 Å². The molecule has 0 atom stereocenters. The largest absolute Gasteiger partial charge is 0.277 e. The predicted molar refractivity (Wildman–Crippen MR) is 64.4 cm³/mol. The van der Waals surface area contributed by atoms with Crippen molar-refractivity contribution in [1.29, 1.82) is 0 Å². The lowest BCUT2D eigenvalue weighted by Gasteiger charge is -1.98. The zero-order valence-corrected chi connectivity index (χ0v) is 10.3. The van der Waals surface area contributed by atoms with Crippen molar-refractivity contribution in [2.24, 2.45) is 0 Å². The van der Waals surface area contributed by atoms with Crippen LogP contribution in [0.5, 0.6) is 0 Å². The Morgan fingerprint density at radius 3 is 2.85 bits per heavy atom. The average molecular weight is 349 g/mol. The van der Waals surface area contributed by atoms with Gasteiger partial charge in [0.25, 0.3) is 0 Å². The van der Waals surface area contributed by atoms with Crippen LogP contribution in [0.15, 0.2) is 34.9 Å². The van der Waals surface area contributed by atoms with Crippen molar-refractivity contribution in [2.75, 3.05) is 0 Å². The van der Waals surface area contributed by atoms with Gasteiger partial charge in [0.05, 0.1) is 15.5 Å². The lowest BCUT2D eigenvalue weighted by molar-refractivity contribution is 1.10. The Balaban J connectivity index is 2.53. The van der Waals surface area contributed by atoms with Gasteiger partial charge in [0.1, 0.15) is 0 Å². The number of halogens is 2. The number of H-pyrrole nitrogens is 1. The van der Waals surface area contributed by atoms with E-state index < -0.39 is 0 Å². The van der Waals surface area contributed by atoms with Crippen LogP contribution in [0.25, 0.3) is 11.3 Å². The summed E-state index contributed by atoms with van der Waals surface area (Å²) in [6.45, 7) is 0. The number of aromatic nitrogens is 2. The first kappa shape index (κ1) is 9.21. The first-order valence-electron chi connectivity index (χ1n) is 3.72. The Morgan fingerprint density at radius 2 is 2.23 bits per heavy atom. The zero-order valence-electron chi connectivity index (χ0n) is 6.59. The lowest BCUT2D eigenvalue weighted by atomic mass is 10.2. The van der Waals surface area contributed by atoms with Crippen molar-refractivity contribution in [2.45, 2.75) is 0 Å². The Hall–Kier alpha value is -0.360. The molecule has 1 aromatic carbocycles. The Bertz CT molecular complexity index is 425. The molecule has 0 amide bonds. The van der Waals surface area contributed by atoms with Gasteiger partial charge < -0.3 is 0 Å². The van der Waals surface area contributed by atoms with Crippen molar-refractivity contribution in [3.05, 3.63) is 38.5 Å². The number of nitrogens with zero attached hydrogens (tertiary/aromatic N) is 1. The number of benzene rings is 1. The summed E-state index contributed by atoms with van der Waals surface area (Å²) in [6.07, 6.45) is 1.82. The van der Waals surface area contributed by atoms with Gasteiger partial charge in [-0.1, -0.05) is 28.1 Å². The number of nitrogens with one attached hydrogen (secondary N) is 1. The maximum Gasteiger partial charge on any atom is 0.0784 e. The second-order valence-electron chi connectivity index (χ2n) is 2.60. The summed E-state index contributed by atoms with van der Waals surface area (Å²) in [4.78, 5) is 0. The molecule has 1 heterocycles. The molecule has 13 heavy (non-hydrogen) atoms. The SMILES string of the molecule is Brc1cccc(-c2[nH]ncc2I)c1. The Labute approximate surface area is 98.0 Å². The van der Waals surface area contributed by atoms with Crippen LogP contribution in [-0.4, -0.2) is 10.2 Å². The van der Waals surface area contributed by atoms with Crippen molar-refractivity contribution in [3.63, 3.8) is 0 Å². The van der Waals surface area contributed by atoms with Crippen LogP contribution in [-0.2, 0) is 0 Å². The third-order valence-electron chi connectivity index (χ3n) is 1.71. The van der Waals surface area contributed by atoms with E-state index in [1.165, 1.54) is 0 Å². The van der Waals surface area contributed by atoms with Gasteiger partial charge in [0, 0.05) is 10.0 Å². The smallest absolute Gasteiger partial charge is 0.0784 e. The van der Waals surface area contributed by atoms with Gasteiger partial charge in [-0.2, -0.15) is 5.10 Å². The molecular weight excluding hydrogens is 343 g/mol. The van der Waals surface area contributed by atoms with Crippen LogP contribution in [0.3, 0.4) is 0 Å². The highest BCUT2D eigenvalue weighted by Crippen LogP contribution is 2.24. The van der Waals surface area contributed by atoms with E-state index in [9.17, 15) is 0 Å². The minimum Gasteiger partial charge on any atom is -0.277 e. The van der Waals surface area contributed by atoms with Crippen LogP contribution in [0, 0.1) is 3.57 Å². The van der Waals surface area contributed by atoms with Crippen LogP contribution in [0.2, 0.25) is 0 Å². The summed E-state index contributed by atoms with van der Waals surface area (Å²) < 4.78 is 2.21. The minimum absolute atomic E-state index is 1.07. The molecule has 2 aromatic rings. The molecule has 0 saturated carbocycles. The minimum atomic E-state index is 1.07. The summed E-state index contributed by atoms with van der Waals surface area (Å²) in [5, 5.41) is 6.95. The fourth-order valence-electron chi connectivity index (χ4n) is 1.12. The van der Waals surface area contributed by atoms with E-state index in [2.05, 4.69) is 60.9 Å². The lowest BCUT2D eigenvalue weighted by Crippen LogP contribution is -1.80. The molecule has 2 nitrogen and oxygen atoms in total. The maximum absolute atomic E-state index is 3.98. The molecule has 1 N–H and O–H groups in total. The molecule has 0 spiro atoms. The molecular formula is C9H6BrIN2. The van der Waals surface area contributed by atoms with Crippen molar-refractivity contribution < 1.29 is 0 Å². The molecule has 0 bridgehead atoms. The van der Waals surface area contributed by atoms with Crippen molar-refractivity contribution >= 4 is 38.5 Å². The van der Waals surface area contributed by atoms with Crippen LogP contribution < -0.4 is 0 Å². The topological polar surface area (TPSA) is 28.7 Å². The Morgan fingerprint density at radius 1 is 1.38 bits per heavy atom. The zero-order chi connectivity index (χ0) is 9.26. The number of rotatable bonds is 1. The molecule has 0 aliphatic carbocycles. The van der Waals surface area contributed by atoms with Gasteiger partial charge in [0.15, 0.2) is 0 Å². The van der Waals surface area contributed by atoms with E-state index in [1.54, 1.807) is 0 Å². The predicted octanol–water partition coefficient (Wildman–Crippen LogP) is 3.44. The van der Waals surface area contributed by atoms with Crippen LogP contribution in [0.4, 0.5) is 0 Å². The van der Waals surface area contributed by atoms with Gasteiger partial charge in [-0.05, 0) is 34.7 Å². The van der Waals surface area contributed by atoms with Crippen LogP contribution in [0.1, 0.15) is 0 Å². The number of hydrogen-bond donors (Lipinski definition) is 1. The highest BCUT2D eigenvalue weighted by Gasteiger charge is 2.04. The molecule has 4 heteroatoms. The van der Waals surface area contributed by atoms with Crippen molar-refractivity contribution in [3.8, 4) is 11.3 Å². The highest BCUT2D eigenvalue weighted by molar-refractivity contribution is 14.1. The number of aromatic amines is 1. The summed E-state index contributed by atoms with van der Waals surface area (Å²) >= 11 is 5.70. The molecule has 1 aromatic heterocycles. The summed E-state index contributed by atoms with van der Waals surface area (Å²) in [7, 11) is 0. The normalized spacial score (nSPS) is 10.3. The van der Waals surface area contributed by atoms with E-state index in [4.69, 9.17) is 0 Å². The van der Waals surface area contributed by atoms with Gasteiger partial charge in [-0.15, -0.1) is 0 Å². The average Bonchev–Trinajstić information content (AvgIpc) is 2.51. The fraction of sp³-hybridized carbons (Fsp3) is 0. The molecule has 2 rings (SSSR count). The molecule has 66 valence electrons. The molecule has 0 aliphatic heterocycles. The Kier molecular flexibility index (Phi) is 2.69. The first-order chi connectivity index (χ1) is 6.27. The standard InChI is InChI=1S/C9H6BrIN2/c10-7-3-1-2-6(4-7)9-8(11)5-12-13-9/h1-5H,(H,12,13). The molecule has 0 aliphatic rings. The third kappa shape index (κ3) is 1.94. The molecule has 0 radical (unpaired) electrons. The number of hydrogen-bond acceptors (Lipinski definition) is 1. The van der Waals surface area contributed by atoms with Gasteiger partial charge in [-0.3, -0.25) is 5.10 Å². The van der Waals surface area contributed by atoms with Gasteiger partial charge >= 0.3 is 0 Å². The second kappa shape index (κ2) is 3.79. The monoisotopic (exact) mass is 348 g/mol. The summed E-state index contributed by atoms with van der Waals surface area (Å²) in [6, 6.07) is 8.14. The maximum atomic E-state index is 3.98. The summed E-state index contributed by atoms with van der Waals surface area (Å²) in [5.41, 5.74) is 2.22.